The van der Waals surface area contributed by atoms with E-state index in [9.17, 15) is 39.5 Å². The molecular weight excluding hydrogens is 661 g/mol. The Balaban J connectivity index is 0.000000430. The van der Waals surface area contributed by atoms with E-state index in [-0.39, 0.29) is 6.04 Å². The molecule has 0 radical (unpaired) electrons. The number of hydrogen-bond acceptors (Lipinski definition) is 7. The van der Waals surface area contributed by atoms with Crippen LogP contribution in [0.2, 0.25) is 0 Å². The summed E-state index contributed by atoms with van der Waals surface area (Å²) in [5.41, 5.74) is 12.5. The first-order chi connectivity index (χ1) is 21.6. The number of carboxylic acid groups (broad SMARTS) is 3. The molecule has 0 aliphatic carbocycles. The average molecular weight is 686 g/mol. The van der Waals surface area contributed by atoms with Gasteiger partial charge in [-0.25, -0.2) is 19.4 Å². The fourth-order valence-corrected chi connectivity index (χ4v) is 3.69. The Morgan fingerprint density at radius 3 is 1.77 bits per heavy atom. The monoisotopic (exact) mass is 685 g/mol. The van der Waals surface area contributed by atoms with Crippen molar-refractivity contribution in [1.82, 2.24) is 14.9 Å². The summed E-state index contributed by atoms with van der Waals surface area (Å²) in [5, 5.41) is 30.4. The van der Waals surface area contributed by atoms with Crippen LogP contribution in [-0.4, -0.2) is 73.2 Å². The van der Waals surface area contributed by atoms with Crippen LogP contribution in [0.25, 0.3) is 0 Å². The number of carboxylic acids is 3. The number of anilines is 1. The van der Waals surface area contributed by atoms with Gasteiger partial charge in [-0.15, -0.1) is 0 Å². The van der Waals surface area contributed by atoms with Crippen LogP contribution in [0, 0.1) is 11.3 Å². The number of nitrogens with one attached hydrogen (secondary N) is 1. The molecule has 1 aromatic heterocycles. The third-order valence-corrected chi connectivity index (χ3v) is 5.83. The minimum absolute atomic E-state index is 0.208. The van der Waals surface area contributed by atoms with E-state index in [0.29, 0.717) is 5.56 Å². The number of nitrogen functional groups attached to an aromatic ring is 1. The first-order valence-electron chi connectivity index (χ1n) is 12.5. The van der Waals surface area contributed by atoms with Crippen molar-refractivity contribution in [3.05, 3.63) is 82.9 Å². The standard InChI is InChI=1S/C21H21N5.3C2HF3O2/c22-11-16-3-1-15(2-4-16)9-21(20-12-24-14-25-20)26-8-7-17-5-6-19(23)10-18(17)13-26;3*3-2(4,5)1(6)7/h1-6,10,12,14,21H,7-9,13,23H2,(H,24,25);3*(H,6,7). The van der Waals surface area contributed by atoms with Crippen molar-refractivity contribution in [2.45, 2.75) is 44.0 Å². The molecule has 11 nitrogen and oxygen atoms in total. The second kappa shape index (κ2) is 16.8. The van der Waals surface area contributed by atoms with Crippen molar-refractivity contribution in [1.29, 1.82) is 5.26 Å². The third kappa shape index (κ3) is 14.1. The Hall–Kier alpha value is -5.32. The number of imidazole rings is 1. The minimum Gasteiger partial charge on any atom is -0.475 e. The molecule has 1 atom stereocenters. The number of nitriles is 1. The van der Waals surface area contributed by atoms with Gasteiger partial charge >= 0.3 is 36.4 Å². The Kier molecular flexibility index (Phi) is 14.2. The molecule has 2 heterocycles. The number of nitrogens with two attached hydrogens (primary N) is 1. The number of nitrogens with zero attached hydrogens (tertiary/aromatic N) is 3. The van der Waals surface area contributed by atoms with Crippen molar-refractivity contribution in [3.8, 4) is 6.07 Å². The van der Waals surface area contributed by atoms with Crippen LogP contribution >= 0.6 is 0 Å². The molecule has 0 spiro atoms. The molecule has 3 aromatic rings. The fourth-order valence-electron chi connectivity index (χ4n) is 3.69. The lowest BCUT2D eigenvalue weighted by Crippen LogP contribution is -2.35. The number of alkyl halides is 9. The van der Waals surface area contributed by atoms with E-state index in [1.165, 1.54) is 16.7 Å². The normalized spacial score (nSPS) is 13.4. The third-order valence-electron chi connectivity index (χ3n) is 5.83. The molecule has 0 bridgehead atoms. The van der Waals surface area contributed by atoms with Crippen LogP contribution in [0.5, 0.6) is 0 Å². The Morgan fingerprint density at radius 2 is 1.36 bits per heavy atom. The van der Waals surface area contributed by atoms with E-state index < -0.39 is 36.4 Å². The van der Waals surface area contributed by atoms with E-state index in [2.05, 4.69) is 33.1 Å². The molecular formula is C27H24F9N5O6. The second-order valence-corrected chi connectivity index (χ2v) is 9.19. The molecule has 0 fully saturated rings. The van der Waals surface area contributed by atoms with Gasteiger partial charge in [0.15, 0.2) is 0 Å². The van der Waals surface area contributed by atoms with Crippen molar-refractivity contribution < 1.29 is 69.2 Å². The summed E-state index contributed by atoms with van der Waals surface area (Å²) in [7, 11) is 0. The highest BCUT2D eigenvalue weighted by Gasteiger charge is 2.39. The van der Waals surface area contributed by atoms with Gasteiger partial charge in [0.2, 0.25) is 0 Å². The number of aliphatic carboxylic acids is 3. The zero-order chi connectivity index (χ0) is 36.2. The van der Waals surface area contributed by atoms with Crippen LogP contribution in [0.1, 0.15) is 34.0 Å². The predicted molar refractivity (Wildman–Crippen MR) is 142 cm³/mol. The van der Waals surface area contributed by atoms with Gasteiger partial charge < -0.3 is 26.0 Å². The fraction of sp³-hybridized carbons (Fsp3) is 0.296. The van der Waals surface area contributed by atoms with Crippen molar-refractivity contribution in [2.75, 3.05) is 12.3 Å². The smallest absolute Gasteiger partial charge is 0.475 e. The predicted octanol–water partition coefficient (Wildman–Crippen LogP) is 5.11. The number of aromatic nitrogens is 2. The molecule has 2 aromatic carbocycles. The Bertz CT molecular complexity index is 1460. The van der Waals surface area contributed by atoms with Crippen LogP contribution in [0.15, 0.2) is 55.0 Å². The quantitative estimate of drug-likeness (QED) is 0.182. The largest absolute Gasteiger partial charge is 0.490 e. The molecule has 1 aliphatic rings. The van der Waals surface area contributed by atoms with Gasteiger partial charge in [0, 0.05) is 25.0 Å². The Morgan fingerprint density at radius 1 is 0.872 bits per heavy atom. The summed E-state index contributed by atoms with van der Waals surface area (Å²) < 4.78 is 95.2. The molecule has 47 heavy (non-hydrogen) atoms. The maximum absolute atomic E-state index is 10.6. The summed E-state index contributed by atoms with van der Waals surface area (Å²) >= 11 is 0. The summed E-state index contributed by atoms with van der Waals surface area (Å²) in [6.45, 7) is 1.87. The number of rotatable bonds is 4. The number of hydrogen-bond donors (Lipinski definition) is 5. The van der Waals surface area contributed by atoms with E-state index in [0.717, 1.165) is 37.3 Å². The van der Waals surface area contributed by atoms with Crippen molar-refractivity contribution >= 4 is 23.6 Å². The highest BCUT2D eigenvalue weighted by molar-refractivity contribution is 5.73. The molecule has 0 amide bonds. The number of benzene rings is 2. The average Bonchev–Trinajstić information content (AvgIpc) is 3.50. The number of carbonyl (C=O) groups is 3. The van der Waals surface area contributed by atoms with Gasteiger partial charge in [0.1, 0.15) is 0 Å². The first-order valence-corrected chi connectivity index (χ1v) is 12.5. The summed E-state index contributed by atoms with van der Waals surface area (Å²) in [6.07, 6.45) is -9.72. The van der Waals surface area contributed by atoms with Gasteiger partial charge in [0.05, 0.1) is 29.7 Å². The number of halogens is 9. The molecule has 20 heteroatoms. The number of H-pyrrole nitrogens is 1. The Labute approximate surface area is 258 Å². The van der Waals surface area contributed by atoms with Crippen LogP contribution < -0.4 is 5.73 Å². The molecule has 256 valence electrons. The van der Waals surface area contributed by atoms with Gasteiger partial charge in [-0.05, 0) is 53.8 Å². The van der Waals surface area contributed by atoms with E-state index in [4.69, 9.17) is 40.7 Å². The zero-order valence-corrected chi connectivity index (χ0v) is 23.5. The maximum atomic E-state index is 10.6. The topological polar surface area (TPSA) is 194 Å². The summed E-state index contributed by atoms with van der Waals surface area (Å²) in [5.74, 6) is -8.27. The van der Waals surface area contributed by atoms with Gasteiger partial charge in [0.25, 0.3) is 0 Å². The van der Waals surface area contributed by atoms with Crippen molar-refractivity contribution in [3.63, 3.8) is 0 Å². The van der Waals surface area contributed by atoms with Crippen LogP contribution in [0.3, 0.4) is 0 Å². The molecule has 1 aliphatic heterocycles. The lowest BCUT2D eigenvalue weighted by molar-refractivity contribution is -0.193. The number of aromatic amines is 1. The van der Waals surface area contributed by atoms with Crippen LogP contribution in [-0.2, 0) is 33.8 Å². The van der Waals surface area contributed by atoms with E-state index in [1.807, 2.05) is 36.5 Å². The molecule has 0 saturated heterocycles. The van der Waals surface area contributed by atoms with Gasteiger partial charge in [-0.2, -0.15) is 44.8 Å². The second-order valence-electron chi connectivity index (χ2n) is 9.19. The van der Waals surface area contributed by atoms with Crippen molar-refractivity contribution in [2.24, 2.45) is 0 Å². The highest BCUT2D eigenvalue weighted by Crippen LogP contribution is 2.30. The van der Waals surface area contributed by atoms with Crippen LogP contribution in [0.4, 0.5) is 45.2 Å². The highest BCUT2D eigenvalue weighted by atomic mass is 19.4. The van der Waals surface area contributed by atoms with E-state index >= 15 is 0 Å². The SMILES string of the molecule is N#Cc1ccc(CC(c2cnc[nH]2)N2CCc3ccc(N)cc3C2)cc1.O=C(O)C(F)(F)F.O=C(O)C(F)(F)F.O=C(O)C(F)(F)F. The summed E-state index contributed by atoms with van der Waals surface area (Å²) in [6, 6.07) is 16.4. The zero-order valence-electron chi connectivity index (χ0n) is 23.5. The summed E-state index contributed by atoms with van der Waals surface area (Å²) in [4.78, 5) is 36.7. The molecule has 1 unspecified atom stereocenters. The maximum Gasteiger partial charge on any atom is 0.490 e. The first kappa shape index (κ1) is 39.7. The van der Waals surface area contributed by atoms with E-state index in [1.54, 1.807) is 6.33 Å². The minimum atomic E-state index is -5.08. The van der Waals surface area contributed by atoms with Gasteiger partial charge in [-0.3, -0.25) is 4.90 Å². The molecule has 0 saturated carbocycles. The lowest BCUT2D eigenvalue weighted by atomic mass is 9.95. The number of fused-ring (bicyclic) bond motifs is 1. The molecule has 6 N–H and O–H groups in total. The molecule has 4 rings (SSSR count). The van der Waals surface area contributed by atoms with Gasteiger partial charge in [-0.1, -0.05) is 18.2 Å². The lowest BCUT2D eigenvalue weighted by Gasteiger charge is -2.35.